The quantitative estimate of drug-likeness (QED) is 0.482. The highest BCUT2D eigenvalue weighted by atomic mass is 16.5. The summed E-state index contributed by atoms with van der Waals surface area (Å²) >= 11 is 0. The van der Waals surface area contributed by atoms with Gasteiger partial charge in [0.2, 0.25) is 5.91 Å². The Labute approximate surface area is 180 Å². The van der Waals surface area contributed by atoms with Crippen molar-refractivity contribution in [1.82, 2.24) is 4.90 Å². The number of aliphatic hydroxyl groups is 2. The molecule has 1 aromatic rings. The van der Waals surface area contributed by atoms with Gasteiger partial charge in [0.1, 0.15) is 6.61 Å². The number of allylic oxidation sites excluding steroid dienone is 1. The third-order valence-corrected chi connectivity index (χ3v) is 6.32. The number of aliphatic hydroxyl groups excluding tert-OH is 2. The number of carbonyl (C=O) groups is 1. The van der Waals surface area contributed by atoms with Gasteiger partial charge in [-0.15, -0.1) is 0 Å². The van der Waals surface area contributed by atoms with Crippen molar-refractivity contribution in [3.8, 4) is 0 Å². The van der Waals surface area contributed by atoms with Crippen molar-refractivity contribution >= 4 is 5.91 Å². The Kier molecular flexibility index (Phi) is 7.87. The Morgan fingerprint density at radius 1 is 1.37 bits per heavy atom. The van der Waals surface area contributed by atoms with Gasteiger partial charge in [0.15, 0.2) is 0 Å². The number of benzene rings is 1. The van der Waals surface area contributed by atoms with E-state index in [0.717, 1.165) is 24.8 Å². The molecule has 0 aromatic heterocycles. The second kappa shape index (κ2) is 10.4. The maximum atomic E-state index is 11.6. The highest BCUT2D eigenvalue weighted by molar-refractivity contribution is 5.76. The van der Waals surface area contributed by atoms with Crippen molar-refractivity contribution < 1.29 is 19.7 Å². The van der Waals surface area contributed by atoms with E-state index >= 15 is 0 Å². The zero-order valence-corrected chi connectivity index (χ0v) is 18.3. The smallest absolute Gasteiger partial charge is 0.248 e. The Hall–Kier alpha value is -1.95. The molecule has 5 heteroatoms. The van der Waals surface area contributed by atoms with Crippen molar-refractivity contribution in [1.29, 1.82) is 0 Å². The van der Waals surface area contributed by atoms with Crippen LogP contribution in [0.2, 0.25) is 0 Å². The van der Waals surface area contributed by atoms with E-state index in [-0.39, 0.29) is 24.5 Å². The zero-order chi connectivity index (χ0) is 21.7. The topological polar surface area (TPSA) is 70.0 Å². The Bertz CT molecular complexity index is 785. The Balaban J connectivity index is 1.47. The van der Waals surface area contributed by atoms with Gasteiger partial charge >= 0.3 is 0 Å². The molecule has 5 nitrogen and oxygen atoms in total. The number of ether oxygens (including phenoxy) is 1. The van der Waals surface area contributed by atoms with Crippen LogP contribution in [0.4, 0.5) is 0 Å². The highest BCUT2D eigenvalue weighted by Gasteiger charge is 2.43. The summed E-state index contributed by atoms with van der Waals surface area (Å²) in [5.74, 6) is 0.833. The molecule has 2 aliphatic rings. The van der Waals surface area contributed by atoms with Crippen LogP contribution in [0.5, 0.6) is 0 Å². The van der Waals surface area contributed by atoms with Gasteiger partial charge in [-0.3, -0.25) is 4.79 Å². The summed E-state index contributed by atoms with van der Waals surface area (Å²) in [5.41, 5.74) is 3.67. The summed E-state index contributed by atoms with van der Waals surface area (Å²) in [6.45, 7) is 2.72. The third-order valence-electron chi connectivity index (χ3n) is 6.32. The van der Waals surface area contributed by atoms with Gasteiger partial charge in [-0.25, -0.2) is 0 Å². The fourth-order valence-electron chi connectivity index (χ4n) is 4.69. The van der Waals surface area contributed by atoms with E-state index in [1.807, 2.05) is 24.3 Å². The van der Waals surface area contributed by atoms with E-state index < -0.39 is 6.10 Å². The molecule has 1 fully saturated rings. The molecule has 0 bridgehead atoms. The van der Waals surface area contributed by atoms with Gasteiger partial charge < -0.3 is 19.8 Å². The van der Waals surface area contributed by atoms with E-state index in [9.17, 15) is 15.0 Å². The molecule has 0 spiro atoms. The summed E-state index contributed by atoms with van der Waals surface area (Å²) in [5, 5.41) is 20.9. The van der Waals surface area contributed by atoms with Crippen molar-refractivity contribution in [3.05, 3.63) is 59.2 Å². The first-order chi connectivity index (χ1) is 14.3. The third kappa shape index (κ3) is 6.03. The van der Waals surface area contributed by atoms with Crippen LogP contribution >= 0.6 is 0 Å². The lowest BCUT2D eigenvalue weighted by molar-refractivity contribution is -0.133. The summed E-state index contributed by atoms with van der Waals surface area (Å²) in [6.07, 6.45) is 8.42. The molecule has 0 aliphatic heterocycles. The zero-order valence-electron chi connectivity index (χ0n) is 18.3. The summed E-state index contributed by atoms with van der Waals surface area (Å²) in [7, 11) is 3.45. The standard InChI is InChI=1S/C25H35NO4/c1-17-5-4-6-18(11-17)13-21(27)7-8-22-23-14-19(12-20(23)15-24(22)28)9-10-30-16-25(29)26(2)3/h4-8,11-12,20-24,27-28H,9-10,13-16H2,1-3H3/t20-,21-,22+,23-,24+/m0/s1. The molecule has 1 aromatic carbocycles. The van der Waals surface area contributed by atoms with Crippen LogP contribution in [0.15, 0.2) is 48.1 Å². The van der Waals surface area contributed by atoms with Crippen molar-refractivity contribution in [2.75, 3.05) is 27.3 Å². The lowest BCUT2D eigenvalue weighted by atomic mass is 9.88. The number of amides is 1. The molecule has 5 atom stereocenters. The molecular formula is C25H35NO4. The van der Waals surface area contributed by atoms with Crippen LogP contribution < -0.4 is 0 Å². The van der Waals surface area contributed by atoms with Crippen LogP contribution in [-0.2, 0) is 16.0 Å². The minimum absolute atomic E-state index is 0.0233. The maximum Gasteiger partial charge on any atom is 0.248 e. The van der Waals surface area contributed by atoms with E-state index in [2.05, 4.69) is 25.1 Å². The largest absolute Gasteiger partial charge is 0.392 e. The van der Waals surface area contributed by atoms with Gasteiger partial charge in [0.25, 0.3) is 0 Å². The minimum atomic E-state index is -0.547. The van der Waals surface area contributed by atoms with Crippen molar-refractivity contribution in [3.63, 3.8) is 0 Å². The molecule has 0 heterocycles. The predicted octanol–water partition coefficient (Wildman–Crippen LogP) is 2.89. The summed E-state index contributed by atoms with van der Waals surface area (Å²) in [4.78, 5) is 13.1. The molecular weight excluding hydrogens is 378 g/mol. The van der Waals surface area contributed by atoms with Gasteiger partial charge in [-0.2, -0.15) is 0 Å². The molecule has 164 valence electrons. The number of rotatable bonds is 9. The number of aryl methyl sites for hydroxylation is 1. The molecule has 30 heavy (non-hydrogen) atoms. The lowest BCUT2D eigenvalue weighted by Crippen LogP contribution is -2.26. The number of likely N-dealkylation sites (N-methyl/N-ethyl adjacent to an activating group) is 1. The first kappa shape index (κ1) is 22.7. The second-order valence-electron chi connectivity index (χ2n) is 8.97. The van der Waals surface area contributed by atoms with E-state index in [4.69, 9.17) is 4.74 Å². The normalized spacial score (nSPS) is 26.6. The lowest BCUT2D eigenvalue weighted by Gasteiger charge is -2.19. The fourth-order valence-corrected chi connectivity index (χ4v) is 4.69. The van der Waals surface area contributed by atoms with Crippen LogP contribution in [0.3, 0.4) is 0 Å². The van der Waals surface area contributed by atoms with Crippen molar-refractivity contribution in [2.45, 2.75) is 44.8 Å². The summed E-state index contributed by atoms with van der Waals surface area (Å²) in [6, 6.07) is 8.19. The molecule has 2 N–H and O–H groups in total. The van der Waals surface area contributed by atoms with Crippen molar-refractivity contribution in [2.24, 2.45) is 17.8 Å². The molecule has 0 radical (unpaired) electrons. The molecule has 0 unspecified atom stereocenters. The fraction of sp³-hybridized carbons (Fsp3) is 0.560. The SMILES string of the molecule is Cc1cccc(C[C@@H](O)C=C[C@@H]2[C@H]3CC(CCOCC(=O)N(C)C)=C[C@H]3C[C@H]2O)c1. The highest BCUT2D eigenvalue weighted by Crippen LogP contribution is 2.47. The van der Waals surface area contributed by atoms with Crippen LogP contribution in [0, 0.1) is 24.7 Å². The number of hydrogen-bond acceptors (Lipinski definition) is 4. The van der Waals surface area contributed by atoms with E-state index in [0.29, 0.717) is 24.9 Å². The van der Waals surface area contributed by atoms with Crippen LogP contribution in [-0.4, -0.2) is 60.5 Å². The minimum Gasteiger partial charge on any atom is -0.392 e. The molecule has 0 saturated heterocycles. The van der Waals surface area contributed by atoms with Crippen LogP contribution in [0.25, 0.3) is 0 Å². The first-order valence-corrected chi connectivity index (χ1v) is 10.9. The summed E-state index contributed by atoms with van der Waals surface area (Å²) < 4.78 is 5.50. The molecule has 3 rings (SSSR count). The van der Waals surface area contributed by atoms with E-state index in [1.165, 1.54) is 16.0 Å². The van der Waals surface area contributed by atoms with E-state index in [1.54, 1.807) is 14.1 Å². The molecule has 1 saturated carbocycles. The predicted molar refractivity (Wildman–Crippen MR) is 118 cm³/mol. The number of fused-ring (bicyclic) bond motifs is 1. The van der Waals surface area contributed by atoms with Gasteiger partial charge in [0, 0.05) is 26.4 Å². The number of nitrogens with zero attached hydrogens (tertiary/aromatic N) is 1. The molecule has 1 amide bonds. The van der Waals surface area contributed by atoms with Gasteiger partial charge in [-0.05, 0) is 43.6 Å². The van der Waals surface area contributed by atoms with Gasteiger partial charge in [-0.1, -0.05) is 53.6 Å². The van der Waals surface area contributed by atoms with Crippen LogP contribution in [0.1, 0.15) is 30.4 Å². The van der Waals surface area contributed by atoms with Gasteiger partial charge in [0.05, 0.1) is 18.8 Å². The average molecular weight is 414 g/mol. The Morgan fingerprint density at radius 2 is 2.17 bits per heavy atom. The number of hydrogen-bond donors (Lipinski definition) is 2. The monoisotopic (exact) mass is 413 g/mol. The molecule has 2 aliphatic carbocycles. The first-order valence-electron chi connectivity index (χ1n) is 10.9. The Morgan fingerprint density at radius 3 is 2.90 bits per heavy atom. The maximum absolute atomic E-state index is 11.6. The average Bonchev–Trinajstić information content (AvgIpc) is 3.19. The number of carbonyl (C=O) groups excluding carboxylic acids is 1. The second-order valence-corrected chi connectivity index (χ2v) is 8.97.